The summed E-state index contributed by atoms with van der Waals surface area (Å²) in [4.78, 5) is 17.8. The van der Waals surface area contributed by atoms with Crippen molar-refractivity contribution < 1.29 is 14.3 Å². The number of carbonyl (C=O) groups is 1. The fourth-order valence-corrected chi connectivity index (χ4v) is 4.96. The molecule has 0 radical (unpaired) electrons. The molecule has 6 nitrogen and oxygen atoms in total. The molecular formula is C27H43N3O3Si. The van der Waals surface area contributed by atoms with E-state index in [0.717, 1.165) is 56.3 Å². The van der Waals surface area contributed by atoms with Gasteiger partial charge in [-0.1, -0.05) is 63.2 Å². The molecule has 3 rings (SSSR count). The largest absolute Gasteiger partial charge is 0.444 e. The first-order valence-corrected chi connectivity index (χ1v) is 16.5. The van der Waals surface area contributed by atoms with Gasteiger partial charge in [0.05, 0.1) is 11.7 Å². The van der Waals surface area contributed by atoms with Crippen molar-refractivity contribution in [2.75, 3.05) is 6.61 Å². The maximum Gasteiger partial charge on any atom is 0.408 e. The van der Waals surface area contributed by atoms with Crippen LogP contribution in [0.5, 0.6) is 0 Å². The van der Waals surface area contributed by atoms with Crippen LogP contribution in [0.15, 0.2) is 30.5 Å². The summed E-state index contributed by atoms with van der Waals surface area (Å²) in [5.41, 5.74) is 2.89. The predicted octanol–water partition coefficient (Wildman–Crippen LogP) is 6.93. The van der Waals surface area contributed by atoms with Crippen molar-refractivity contribution in [2.45, 2.75) is 103 Å². The lowest BCUT2D eigenvalue weighted by Gasteiger charge is -2.24. The Morgan fingerprint density at radius 3 is 2.62 bits per heavy atom. The fourth-order valence-electron chi connectivity index (χ4n) is 4.20. The molecule has 2 heterocycles. The average molecular weight is 486 g/mol. The first-order chi connectivity index (χ1) is 16.0. The summed E-state index contributed by atoms with van der Waals surface area (Å²) in [7, 11) is -1.17. The summed E-state index contributed by atoms with van der Waals surface area (Å²) in [6, 6.07) is 9.43. The van der Waals surface area contributed by atoms with Crippen LogP contribution in [0.1, 0.15) is 70.3 Å². The zero-order valence-electron chi connectivity index (χ0n) is 21.9. The zero-order chi connectivity index (χ0) is 24.8. The summed E-state index contributed by atoms with van der Waals surface area (Å²) in [6.45, 7) is 13.9. The van der Waals surface area contributed by atoms with Crippen LogP contribution >= 0.6 is 0 Å². The van der Waals surface area contributed by atoms with E-state index in [9.17, 15) is 4.79 Å². The summed E-state index contributed by atoms with van der Waals surface area (Å²) >= 11 is 0. The Bertz CT molecular complexity index is 943. The van der Waals surface area contributed by atoms with Gasteiger partial charge in [-0.25, -0.2) is 9.78 Å². The van der Waals surface area contributed by atoms with Crippen molar-refractivity contribution in [3.8, 4) is 11.3 Å². The summed E-state index contributed by atoms with van der Waals surface area (Å²) in [6.07, 6.45) is 8.08. The van der Waals surface area contributed by atoms with Crippen LogP contribution in [0.2, 0.25) is 25.7 Å². The van der Waals surface area contributed by atoms with E-state index in [1.165, 1.54) is 17.5 Å². The Kier molecular flexibility index (Phi) is 8.99. The van der Waals surface area contributed by atoms with Gasteiger partial charge in [-0.05, 0) is 51.6 Å². The van der Waals surface area contributed by atoms with Crippen molar-refractivity contribution in [2.24, 2.45) is 0 Å². The van der Waals surface area contributed by atoms with E-state index in [-0.39, 0.29) is 6.04 Å². The zero-order valence-corrected chi connectivity index (χ0v) is 22.9. The summed E-state index contributed by atoms with van der Waals surface area (Å²) < 4.78 is 13.8. The van der Waals surface area contributed by atoms with Crippen molar-refractivity contribution in [1.82, 2.24) is 14.9 Å². The molecule has 1 aliphatic rings. The van der Waals surface area contributed by atoms with E-state index in [2.05, 4.69) is 60.0 Å². The minimum absolute atomic E-state index is 0.226. The molecule has 34 heavy (non-hydrogen) atoms. The number of hydrogen-bond acceptors (Lipinski definition) is 4. The Labute approximate surface area is 206 Å². The first kappa shape index (κ1) is 26.5. The third kappa shape index (κ3) is 8.27. The number of rotatable bonds is 6. The van der Waals surface area contributed by atoms with Crippen LogP contribution in [0.3, 0.4) is 0 Å². The van der Waals surface area contributed by atoms with E-state index in [0.29, 0.717) is 6.73 Å². The SMILES string of the molecule is CC(C)(C)OC(=O)N[C@H]1CCCCCCc2ccccc2-c2cn(COCC[Si](C)(C)C)c1n2. The minimum Gasteiger partial charge on any atom is -0.444 e. The van der Waals surface area contributed by atoms with Gasteiger partial charge in [0.2, 0.25) is 0 Å². The highest BCUT2D eigenvalue weighted by Crippen LogP contribution is 2.30. The lowest BCUT2D eigenvalue weighted by atomic mass is 9.98. The molecule has 0 spiro atoms. The summed E-state index contributed by atoms with van der Waals surface area (Å²) in [5.74, 6) is 0.837. The van der Waals surface area contributed by atoms with E-state index >= 15 is 0 Å². The molecular weight excluding hydrogens is 442 g/mol. The van der Waals surface area contributed by atoms with Gasteiger partial charge in [0.15, 0.2) is 0 Å². The van der Waals surface area contributed by atoms with Crippen molar-refractivity contribution in [1.29, 1.82) is 0 Å². The van der Waals surface area contributed by atoms with Crippen LogP contribution in [0.4, 0.5) is 4.79 Å². The fraction of sp³-hybridized carbons (Fsp3) is 0.630. The van der Waals surface area contributed by atoms with Gasteiger partial charge in [-0.15, -0.1) is 0 Å². The average Bonchev–Trinajstić information content (AvgIpc) is 3.14. The highest BCUT2D eigenvalue weighted by atomic mass is 28.3. The summed E-state index contributed by atoms with van der Waals surface area (Å²) in [5, 5.41) is 3.11. The number of alkyl carbamates (subject to hydrolysis) is 1. The molecule has 0 unspecified atom stereocenters. The van der Waals surface area contributed by atoms with Crippen LogP contribution in [0.25, 0.3) is 11.3 Å². The van der Waals surface area contributed by atoms with E-state index in [1.54, 1.807) is 0 Å². The van der Waals surface area contributed by atoms with Crippen molar-refractivity contribution in [3.63, 3.8) is 0 Å². The van der Waals surface area contributed by atoms with Crippen molar-refractivity contribution >= 4 is 14.2 Å². The Morgan fingerprint density at radius 2 is 1.88 bits per heavy atom. The number of amides is 1. The van der Waals surface area contributed by atoms with E-state index in [1.807, 2.05) is 20.8 Å². The standard InChI is InChI=1S/C27H43N3O3Si/c1-27(2,3)33-26(31)29-23-16-10-8-7-9-13-21-14-11-12-15-22(21)24-19-30(25(23)28-24)20-32-17-18-34(4,5)6/h11-12,14-15,19,23H,7-10,13,16-18,20H2,1-6H3,(H,29,31)/t23-/m0/s1. The van der Waals surface area contributed by atoms with Gasteiger partial charge in [-0.3, -0.25) is 0 Å². The van der Waals surface area contributed by atoms with E-state index < -0.39 is 19.8 Å². The monoisotopic (exact) mass is 485 g/mol. The molecule has 0 aliphatic carbocycles. The molecule has 0 fully saturated rings. The Morgan fingerprint density at radius 1 is 1.15 bits per heavy atom. The minimum atomic E-state index is -1.17. The number of imidazole rings is 1. The van der Waals surface area contributed by atoms with Gasteiger partial charge in [-0.2, -0.15) is 0 Å². The predicted molar refractivity (Wildman–Crippen MR) is 141 cm³/mol. The molecule has 0 saturated heterocycles. The normalized spacial score (nSPS) is 17.3. The molecule has 2 aromatic rings. The molecule has 1 aliphatic heterocycles. The third-order valence-electron chi connectivity index (χ3n) is 6.02. The van der Waals surface area contributed by atoms with Crippen LogP contribution < -0.4 is 5.32 Å². The number of carbonyl (C=O) groups excluding carboxylic acids is 1. The number of nitrogens with zero attached hydrogens (tertiary/aromatic N) is 2. The number of hydrogen-bond donors (Lipinski definition) is 1. The second-order valence-electron chi connectivity index (χ2n) is 11.6. The van der Waals surface area contributed by atoms with Gasteiger partial charge < -0.3 is 19.4 Å². The van der Waals surface area contributed by atoms with Crippen molar-refractivity contribution in [3.05, 3.63) is 41.9 Å². The third-order valence-corrected chi connectivity index (χ3v) is 7.72. The molecule has 1 N–H and O–H groups in total. The number of benzene rings is 1. The Balaban J connectivity index is 1.92. The number of aromatic nitrogens is 2. The number of ether oxygens (including phenoxy) is 2. The van der Waals surface area contributed by atoms with Crippen LogP contribution in [-0.4, -0.2) is 35.9 Å². The van der Waals surface area contributed by atoms with Gasteiger partial charge >= 0.3 is 6.09 Å². The van der Waals surface area contributed by atoms with Gasteiger partial charge in [0, 0.05) is 26.4 Å². The molecule has 1 aromatic carbocycles. The highest BCUT2D eigenvalue weighted by Gasteiger charge is 2.25. The van der Waals surface area contributed by atoms with Gasteiger partial charge in [0.1, 0.15) is 18.2 Å². The molecule has 1 aromatic heterocycles. The highest BCUT2D eigenvalue weighted by molar-refractivity contribution is 6.76. The second kappa shape index (κ2) is 11.5. The topological polar surface area (TPSA) is 65.4 Å². The molecule has 1 atom stereocenters. The smallest absolute Gasteiger partial charge is 0.408 e. The lowest BCUT2D eigenvalue weighted by molar-refractivity contribution is 0.0487. The lowest BCUT2D eigenvalue weighted by Crippen LogP contribution is -2.36. The maximum absolute atomic E-state index is 12.7. The second-order valence-corrected chi connectivity index (χ2v) is 17.2. The molecule has 2 bridgehead atoms. The van der Waals surface area contributed by atoms with Crippen LogP contribution in [0, 0.1) is 0 Å². The number of nitrogens with one attached hydrogen (secondary N) is 1. The Hall–Kier alpha value is -2.12. The quantitative estimate of drug-likeness (QED) is 0.356. The molecule has 188 valence electrons. The van der Waals surface area contributed by atoms with Gasteiger partial charge in [0.25, 0.3) is 0 Å². The van der Waals surface area contributed by atoms with Crippen LogP contribution in [-0.2, 0) is 22.6 Å². The number of fused-ring (bicyclic) bond motifs is 4. The molecule has 7 heteroatoms. The molecule has 0 saturated carbocycles. The maximum atomic E-state index is 12.7. The number of aryl methyl sites for hydroxylation is 1. The first-order valence-electron chi connectivity index (χ1n) is 12.7. The van der Waals surface area contributed by atoms with E-state index in [4.69, 9.17) is 14.5 Å². The molecule has 1 amide bonds.